The van der Waals surface area contributed by atoms with Crippen LogP contribution in [0.4, 0.5) is 0 Å². The lowest BCUT2D eigenvalue weighted by Gasteiger charge is -2.04. The van der Waals surface area contributed by atoms with Crippen molar-refractivity contribution in [3.05, 3.63) is 36.3 Å². The maximum Gasteiger partial charge on any atom is 0.254 e. The number of nitrogens with zero attached hydrogens (tertiary/aromatic N) is 3. The molecule has 0 atom stereocenters. The number of hydrogen-bond acceptors (Lipinski definition) is 4. The van der Waals surface area contributed by atoms with Gasteiger partial charge in [0.15, 0.2) is 0 Å². The minimum Gasteiger partial charge on any atom is -0.469 e. The van der Waals surface area contributed by atoms with E-state index in [0.717, 1.165) is 13.0 Å². The van der Waals surface area contributed by atoms with Gasteiger partial charge in [0.05, 0.1) is 11.8 Å². The smallest absolute Gasteiger partial charge is 0.254 e. The Bertz CT molecular complexity index is 475. The average Bonchev–Trinajstić information content (AvgIpc) is 2.95. The Balaban J connectivity index is 1.72. The van der Waals surface area contributed by atoms with Crippen molar-refractivity contribution in [3.8, 4) is 0 Å². The van der Waals surface area contributed by atoms with Crippen molar-refractivity contribution < 1.29 is 9.21 Å². The second-order valence-electron chi connectivity index (χ2n) is 3.66. The Kier molecular flexibility index (Phi) is 3.54. The zero-order chi connectivity index (χ0) is 12.1. The van der Waals surface area contributed by atoms with Crippen molar-refractivity contribution in [2.24, 2.45) is 0 Å². The van der Waals surface area contributed by atoms with Crippen molar-refractivity contribution >= 4 is 5.91 Å². The highest BCUT2D eigenvalue weighted by molar-refractivity contribution is 5.94. The Labute approximate surface area is 98.6 Å². The molecule has 17 heavy (non-hydrogen) atoms. The van der Waals surface area contributed by atoms with E-state index < -0.39 is 0 Å². The molecule has 6 heteroatoms. The van der Waals surface area contributed by atoms with Crippen LogP contribution in [0.5, 0.6) is 0 Å². The molecule has 0 saturated carbocycles. The van der Waals surface area contributed by atoms with Crippen molar-refractivity contribution in [1.29, 1.82) is 0 Å². The number of aromatic nitrogens is 3. The molecular formula is C11H14N4O2. The monoisotopic (exact) mass is 234 g/mol. The minimum absolute atomic E-state index is 0.102. The zero-order valence-electron chi connectivity index (χ0n) is 9.59. The van der Waals surface area contributed by atoms with Crippen LogP contribution in [0.3, 0.4) is 0 Å². The summed E-state index contributed by atoms with van der Waals surface area (Å²) in [6.45, 7) is 3.11. The lowest BCUT2D eigenvalue weighted by molar-refractivity contribution is 0.0951. The number of rotatable bonds is 5. The van der Waals surface area contributed by atoms with Gasteiger partial charge in [-0.25, -0.2) is 4.98 Å². The number of hydrogen-bond donors (Lipinski definition) is 1. The normalized spacial score (nSPS) is 10.4. The third-order valence-corrected chi connectivity index (χ3v) is 2.42. The van der Waals surface area contributed by atoms with E-state index in [1.165, 1.54) is 12.6 Å². The maximum absolute atomic E-state index is 11.7. The van der Waals surface area contributed by atoms with Gasteiger partial charge >= 0.3 is 0 Å². The highest BCUT2D eigenvalue weighted by Crippen LogP contribution is 2.07. The van der Waals surface area contributed by atoms with Gasteiger partial charge in [-0.2, -0.15) is 5.10 Å². The van der Waals surface area contributed by atoms with Crippen LogP contribution in [0.2, 0.25) is 0 Å². The molecule has 0 aliphatic rings. The van der Waals surface area contributed by atoms with Gasteiger partial charge in [-0.1, -0.05) is 0 Å². The summed E-state index contributed by atoms with van der Waals surface area (Å²) >= 11 is 0. The summed E-state index contributed by atoms with van der Waals surface area (Å²) in [6.07, 6.45) is 5.47. The first-order valence-corrected chi connectivity index (χ1v) is 5.42. The first kappa shape index (κ1) is 11.4. The number of nitrogens with one attached hydrogen (secondary N) is 1. The van der Waals surface area contributed by atoms with Crippen molar-refractivity contribution in [1.82, 2.24) is 20.1 Å². The van der Waals surface area contributed by atoms with Crippen LogP contribution in [-0.4, -0.2) is 27.2 Å². The van der Waals surface area contributed by atoms with Gasteiger partial charge < -0.3 is 9.73 Å². The van der Waals surface area contributed by atoms with Crippen LogP contribution in [0, 0.1) is 6.92 Å². The quantitative estimate of drug-likeness (QED) is 0.783. The molecule has 0 bridgehead atoms. The van der Waals surface area contributed by atoms with Gasteiger partial charge in [-0.3, -0.25) is 9.48 Å². The largest absolute Gasteiger partial charge is 0.469 e. The summed E-state index contributed by atoms with van der Waals surface area (Å²) in [5, 5.41) is 6.80. The molecule has 0 saturated heterocycles. The standard InChI is InChI=1S/C11H14N4O2/c1-9-10(3-6-17-9)11(16)13-4-2-5-15-8-12-7-14-15/h3,6-8H,2,4-5H2,1H3,(H,13,16). The number of aryl methyl sites for hydroxylation is 2. The summed E-state index contributed by atoms with van der Waals surface area (Å²) in [5.41, 5.74) is 0.589. The van der Waals surface area contributed by atoms with Crippen molar-refractivity contribution in [2.75, 3.05) is 6.54 Å². The van der Waals surface area contributed by atoms with Crippen molar-refractivity contribution in [2.45, 2.75) is 19.9 Å². The highest BCUT2D eigenvalue weighted by atomic mass is 16.3. The molecule has 2 aromatic rings. The molecular weight excluding hydrogens is 220 g/mol. The van der Waals surface area contributed by atoms with Crippen LogP contribution >= 0.6 is 0 Å². The molecule has 1 N–H and O–H groups in total. The van der Waals surface area contributed by atoms with E-state index in [1.807, 2.05) is 0 Å². The highest BCUT2D eigenvalue weighted by Gasteiger charge is 2.09. The molecule has 0 spiro atoms. The topological polar surface area (TPSA) is 73.0 Å². The molecule has 0 aliphatic heterocycles. The third-order valence-electron chi connectivity index (χ3n) is 2.42. The van der Waals surface area contributed by atoms with Gasteiger partial charge in [0, 0.05) is 13.1 Å². The third kappa shape index (κ3) is 2.93. The molecule has 90 valence electrons. The lowest BCUT2D eigenvalue weighted by Crippen LogP contribution is -2.25. The molecule has 6 nitrogen and oxygen atoms in total. The molecule has 1 amide bonds. The van der Waals surface area contributed by atoms with Crippen LogP contribution in [0.15, 0.2) is 29.4 Å². The molecule has 0 unspecified atom stereocenters. The van der Waals surface area contributed by atoms with E-state index in [2.05, 4.69) is 15.4 Å². The fraction of sp³-hybridized carbons (Fsp3) is 0.364. The average molecular weight is 234 g/mol. The second kappa shape index (κ2) is 5.29. The molecule has 2 aromatic heterocycles. The fourth-order valence-electron chi connectivity index (χ4n) is 1.51. The summed E-state index contributed by atoms with van der Waals surface area (Å²) in [5.74, 6) is 0.536. The Morgan fingerprint density at radius 2 is 2.47 bits per heavy atom. The second-order valence-corrected chi connectivity index (χ2v) is 3.66. The Hall–Kier alpha value is -2.11. The van der Waals surface area contributed by atoms with Gasteiger partial charge in [0.25, 0.3) is 5.91 Å². The predicted octanol–water partition coefficient (Wildman–Crippen LogP) is 1.000. The number of amides is 1. The van der Waals surface area contributed by atoms with Crippen LogP contribution in [0.1, 0.15) is 22.5 Å². The molecule has 0 aliphatic carbocycles. The lowest BCUT2D eigenvalue weighted by atomic mass is 10.2. The Morgan fingerprint density at radius 3 is 3.12 bits per heavy atom. The first-order chi connectivity index (χ1) is 8.27. The SMILES string of the molecule is Cc1occc1C(=O)NCCCn1cncn1. The summed E-state index contributed by atoms with van der Waals surface area (Å²) < 4.78 is 6.80. The molecule has 2 heterocycles. The van der Waals surface area contributed by atoms with E-state index in [9.17, 15) is 4.79 Å². The fourth-order valence-corrected chi connectivity index (χ4v) is 1.51. The van der Waals surface area contributed by atoms with E-state index in [-0.39, 0.29) is 5.91 Å². The molecule has 0 aromatic carbocycles. The van der Waals surface area contributed by atoms with E-state index in [1.54, 1.807) is 24.0 Å². The van der Waals surface area contributed by atoms with Crippen LogP contribution in [-0.2, 0) is 6.54 Å². The predicted molar refractivity (Wildman–Crippen MR) is 60.4 cm³/mol. The summed E-state index contributed by atoms with van der Waals surface area (Å²) in [6, 6.07) is 1.67. The van der Waals surface area contributed by atoms with Crippen LogP contribution < -0.4 is 5.32 Å². The number of furan rings is 1. The summed E-state index contributed by atoms with van der Waals surface area (Å²) in [4.78, 5) is 15.5. The zero-order valence-corrected chi connectivity index (χ0v) is 9.59. The minimum atomic E-state index is -0.102. The van der Waals surface area contributed by atoms with E-state index >= 15 is 0 Å². The van der Waals surface area contributed by atoms with E-state index in [4.69, 9.17) is 4.42 Å². The number of carbonyl (C=O) groups excluding carboxylic acids is 1. The van der Waals surface area contributed by atoms with Gasteiger partial charge in [-0.05, 0) is 19.4 Å². The molecule has 0 radical (unpaired) electrons. The molecule has 0 fully saturated rings. The van der Waals surface area contributed by atoms with Gasteiger partial charge in [0.2, 0.25) is 0 Å². The van der Waals surface area contributed by atoms with Gasteiger partial charge in [-0.15, -0.1) is 0 Å². The first-order valence-electron chi connectivity index (χ1n) is 5.42. The maximum atomic E-state index is 11.7. The van der Waals surface area contributed by atoms with Crippen LogP contribution in [0.25, 0.3) is 0 Å². The summed E-state index contributed by atoms with van der Waals surface area (Å²) in [7, 11) is 0. The van der Waals surface area contributed by atoms with Crippen molar-refractivity contribution in [3.63, 3.8) is 0 Å². The number of carbonyl (C=O) groups is 1. The van der Waals surface area contributed by atoms with E-state index in [0.29, 0.717) is 17.9 Å². The Morgan fingerprint density at radius 1 is 1.59 bits per heavy atom. The molecule has 2 rings (SSSR count). The van der Waals surface area contributed by atoms with Gasteiger partial charge in [0.1, 0.15) is 18.4 Å².